The van der Waals surface area contributed by atoms with Crippen molar-refractivity contribution in [1.29, 1.82) is 5.26 Å². The quantitative estimate of drug-likeness (QED) is 0.655. The molecule has 94 valence electrons. The highest BCUT2D eigenvalue weighted by atomic mass is 15.1. The third-order valence-electron chi connectivity index (χ3n) is 2.92. The second-order valence-corrected chi connectivity index (χ2v) is 4.73. The molecule has 0 aliphatic carbocycles. The van der Waals surface area contributed by atoms with E-state index in [0.29, 0.717) is 0 Å². The van der Waals surface area contributed by atoms with Crippen molar-refractivity contribution in [1.82, 2.24) is 10.2 Å². The maximum atomic E-state index is 9.10. The Morgan fingerprint density at radius 1 is 1.25 bits per heavy atom. The van der Waals surface area contributed by atoms with Crippen molar-refractivity contribution in [3.63, 3.8) is 0 Å². The van der Waals surface area contributed by atoms with Gasteiger partial charge in [0.15, 0.2) is 0 Å². The summed E-state index contributed by atoms with van der Waals surface area (Å²) >= 11 is 0. The number of hydrogen-bond donors (Lipinski definition) is 1. The van der Waals surface area contributed by atoms with Crippen LogP contribution in [0.4, 0.5) is 0 Å². The molecule has 0 amide bonds. The van der Waals surface area contributed by atoms with Crippen LogP contribution in [0.5, 0.6) is 0 Å². The summed E-state index contributed by atoms with van der Waals surface area (Å²) in [5, 5.41) is 12.3. The van der Waals surface area contributed by atoms with E-state index in [0.717, 1.165) is 25.9 Å². The lowest BCUT2D eigenvalue weighted by atomic mass is 9.97. The number of hydrogen-bond acceptors (Lipinski definition) is 3. The fraction of sp³-hybridized carbons (Fsp3) is 0.923. The van der Waals surface area contributed by atoms with Gasteiger partial charge in [-0.2, -0.15) is 5.26 Å². The summed E-state index contributed by atoms with van der Waals surface area (Å²) in [7, 11) is 2.16. The fourth-order valence-corrected chi connectivity index (χ4v) is 1.82. The van der Waals surface area contributed by atoms with E-state index in [2.05, 4.69) is 30.3 Å². The summed E-state index contributed by atoms with van der Waals surface area (Å²) < 4.78 is 0. The summed E-state index contributed by atoms with van der Waals surface area (Å²) in [6.45, 7) is 9.36. The Bertz CT molecular complexity index is 210. The molecule has 0 saturated carbocycles. The van der Waals surface area contributed by atoms with Crippen molar-refractivity contribution in [2.24, 2.45) is 0 Å². The molecule has 0 rings (SSSR count). The predicted octanol–water partition coefficient (Wildman–Crippen LogP) is 2.39. The molecule has 0 spiro atoms. The van der Waals surface area contributed by atoms with E-state index in [-0.39, 0.29) is 5.54 Å². The molecule has 0 aliphatic heterocycles. The first-order chi connectivity index (χ1) is 7.58. The Labute approximate surface area is 101 Å². The van der Waals surface area contributed by atoms with Crippen LogP contribution in [0, 0.1) is 11.3 Å². The van der Waals surface area contributed by atoms with Crippen LogP contribution in [0.25, 0.3) is 0 Å². The lowest BCUT2D eigenvalue weighted by Gasteiger charge is -2.24. The summed E-state index contributed by atoms with van der Waals surface area (Å²) in [4.78, 5) is 2.35. The molecule has 1 atom stereocenters. The van der Waals surface area contributed by atoms with E-state index >= 15 is 0 Å². The minimum absolute atomic E-state index is 0.347. The molecule has 0 fully saturated rings. The van der Waals surface area contributed by atoms with Crippen molar-refractivity contribution in [3.05, 3.63) is 0 Å². The zero-order valence-electron chi connectivity index (χ0n) is 11.3. The van der Waals surface area contributed by atoms with Crippen molar-refractivity contribution >= 4 is 0 Å². The number of nitrogens with one attached hydrogen (secondary N) is 1. The van der Waals surface area contributed by atoms with Gasteiger partial charge in [0.1, 0.15) is 5.54 Å². The first-order valence-electron chi connectivity index (χ1n) is 6.42. The normalized spacial score (nSPS) is 14.8. The molecule has 1 unspecified atom stereocenters. The zero-order chi connectivity index (χ0) is 12.4. The molecule has 3 nitrogen and oxygen atoms in total. The standard InChI is InChI=1S/C13H27N3/c1-5-7-10-16(4)11-8-9-13(3,12-14)15-6-2/h15H,5-11H2,1-4H3. The predicted molar refractivity (Wildman–Crippen MR) is 69.3 cm³/mol. The van der Waals surface area contributed by atoms with Gasteiger partial charge in [0.05, 0.1) is 6.07 Å². The molecule has 0 bridgehead atoms. The van der Waals surface area contributed by atoms with Crippen LogP contribution < -0.4 is 5.32 Å². The molecule has 1 N–H and O–H groups in total. The molecular weight excluding hydrogens is 198 g/mol. The number of rotatable bonds is 9. The van der Waals surface area contributed by atoms with Gasteiger partial charge in [0, 0.05) is 0 Å². The van der Waals surface area contributed by atoms with Gasteiger partial charge in [-0.15, -0.1) is 0 Å². The van der Waals surface area contributed by atoms with E-state index < -0.39 is 0 Å². The van der Waals surface area contributed by atoms with Crippen LogP contribution in [0.2, 0.25) is 0 Å². The molecule has 0 aromatic heterocycles. The summed E-state index contributed by atoms with van der Waals surface area (Å²) in [5.41, 5.74) is -0.347. The smallest absolute Gasteiger partial charge is 0.103 e. The summed E-state index contributed by atoms with van der Waals surface area (Å²) in [6.07, 6.45) is 4.52. The van der Waals surface area contributed by atoms with Crippen LogP contribution >= 0.6 is 0 Å². The third-order valence-corrected chi connectivity index (χ3v) is 2.92. The highest BCUT2D eigenvalue weighted by molar-refractivity contribution is 5.03. The average Bonchev–Trinajstić information content (AvgIpc) is 2.26. The molecule has 0 aromatic carbocycles. The van der Waals surface area contributed by atoms with Crippen molar-refractivity contribution in [3.8, 4) is 6.07 Å². The first-order valence-corrected chi connectivity index (χ1v) is 6.42. The van der Waals surface area contributed by atoms with Crippen LogP contribution in [0.1, 0.15) is 46.5 Å². The summed E-state index contributed by atoms with van der Waals surface area (Å²) in [6, 6.07) is 2.37. The van der Waals surface area contributed by atoms with Gasteiger partial charge in [-0.25, -0.2) is 0 Å². The van der Waals surface area contributed by atoms with Crippen molar-refractivity contribution in [2.75, 3.05) is 26.7 Å². The Morgan fingerprint density at radius 2 is 1.88 bits per heavy atom. The molecule has 0 radical (unpaired) electrons. The van der Waals surface area contributed by atoms with Crippen molar-refractivity contribution < 1.29 is 0 Å². The van der Waals surface area contributed by atoms with Crippen LogP contribution in [0.3, 0.4) is 0 Å². The van der Waals surface area contributed by atoms with Gasteiger partial charge in [0.25, 0.3) is 0 Å². The number of nitriles is 1. The second kappa shape index (κ2) is 8.55. The van der Waals surface area contributed by atoms with Crippen LogP contribution in [0.15, 0.2) is 0 Å². The van der Waals surface area contributed by atoms with E-state index in [9.17, 15) is 0 Å². The Morgan fingerprint density at radius 3 is 2.38 bits per heavy atom. The fourth-order valence-electron chi connectivity index (χ4n) is 1.82. The third kappa shape index (κ3) is 6.81. The lowest BCUT2D eigenvalue weighted by molar-refractivity contribution is 0.301. The molecule has 0 aliphatic rings. The highest BCUT2D eigenvalue weighted by Crippen LogP contribution is 2.11. The molecule has 0 heterocycles. The van der Waals surface area contributed by atoms with Gasteiger partial charge in [-0.05, 0) is 52.9 Å². The second-order valence-electron chi connectivity index (χ2n) is 4.73. The topological polar surface area (TPSA) is 39.1 Å². The van der Waals surface area contributed by atoms with Gasteiger partial charge in [0.2, 0.25) is 0 Å². The molecule has 16 heavy (non-hydrogen) atoms. The molecule has 3 heteroatoms. The molecular formula is C13H27N3. The largest absolute Gasteiger partial charge is 0.306 e. The van der Waals surface area contributed by atoms with Gasteiger partial charge >= 0.3 is 0 Å². The van der Waals surface area contributed by atoms with Gasteiger partial charge in [-0.3, -0.25) is 5.32 Å². The lowest BCUT2D eigenvalue weighted by Crippen LogP contribution is -2.41. The SMILES string of the molecule is CCCCN(C)CCCC(C)(C#N)NCC. The number of nitrogens with zero attached hydrogens (tertiary/aromatic N) is 2. The maximum Gasteiger partial charge on any atom is 0.103 e. The zero-order valence-corrected chi connectivity index (χ0v) is 11.3. The van der Waals surface area contributed by atoms with Gasteiger partial charge in [-0.1, -0.05) is 20.3 Å². The van der Waals surface area contributed by atoms with E-state index in [4.69, 9.17) is 5.26 Å². The van der Waals surface area contributed by atoms with E-state index in [1.165, 1.54) is 19.4 Å². The van der Waals surface area contributed by atoms with Crippen LogP contribution in [-0.2, 0) is 0 Å². The number of unbranched alkanes of at least 4 members (excludes halogenated alkanes) is 1. The van der Waals surface area contributed by atoms with Crippen molar-refractivity contribution in [2.45, 2.75) is 52.0 Å². The Kier molecular flexibility index (Phi) is 8.23. The Balaban J connectivity index is 3.74. The van der Waals surface area contributed by atoms with Gasteiger partial charge < -0.3 is 4.90 Å². The molecule has 0 aromatic rings. The monoisotopic (exact) mass is 225 g/mol. The molecule has 0 saturated heterocycles. The minimum Gasteiger partial charge on any atom is -0.306 e. The van der Waals surface area contributed by atoms with E-state index in [1.807, 2.05) is 13.8 Å². The Hall–Kier alpha value is -0.590. The van der Waals surface area contributed by atoms with E-state index in [1.54, 1.807) is 0 Å². The maximum absolute atomic E-state index is 9.10. The highest BCUT2D eigenvalue weighted by Gasteiger charge is 2.21. The van der Waals surface area contributed by atoms with Crippen LogP contribution in [-0.4, -0.2) is 37.1 Å². The summed E-state index contributed by atoms with van der Waals surface area (Å²) in [5.74, 6) is 0. The first kappa shape index (κ1) is 15.4. The average molecular weight is 225 g/mol. The minimum atomic E-state index is -0.347.